The summed E-state index contributed by atoms with van der Waals surface area (Å²) >= 11 is 0. The summed E-state index contributed by atoms with van der Waals surface area (Å²) in [6, 6.07) is -1.29. The Hall–Kier alpha value is -1.91. The van der Waals surface area contributed by atoms with Gasteiger partial charge < -0.3 is 33.4 Å². The van der Waals surface area contributed by atoms with Crippen molar-refractivity contribution in [2.24, 2.45) is 27.9 Å². The van der Waals surface area contributed by atoms with Gasteiger partial charge in [0.15, 0.2) is 5.96 Å². The number of amides is 1. The molecule has 1 heterocycles. The van der Waals surface area contributed by atoms with E-state index in [9.17, 15) is 14.7 Å². The number of aliphatic imine (C=N–C) groups is 1. The van der Waals surface area contributed by atoms with Gasteiger partial charge >= 0.3 is 5.97 Å². The van der Waals surface area contributed by atoms with E-state index in [0.29, 0.717) is 32.5 Å². The first kappa shape index (κ1) is 23.1. The number of carbonyl (C=O) groups is 2. The second-order valence-electron chi connectivity index (χ2n) is 7.05. The fraction of sp³-hybridized carbons (Fsp3) is 0.824. The second kappa shape index (κ2) is 12.5. The zero-order valence-corrected chi connectivity index (χ0v) is 16.0. The summed E-state index contributed by atoms with van der Waals surface area (Å²) < 4.78 is 0. The van der Waals surface area contributed by atoms with Gasteiger partial charge in [0.05, 0.1) is 6.04 Å². The first-order chi connectivity index (χ1) is 12.8. The van der Waals surface area contributed by atoms with Crippen molar-refractivity contribution in [3.63, 3.8) is 0 Å². The Kier molecular flexibility index (Phi) is 10.7. The van der Waals surface area contributed by atoms with Crippen LogP contribution < -0.4 is 28.3 Å². The van der Waals surface area contributed by atoms with Crippen LogP contribution >= 0.6 is 0 Å². The molecule has 0 aromatic rings. The summed E-state index contributed by atoms with van der Waals surface area (Å²) in [5.41, 5.74) is 22.2. The van der Waals surface area contributed by atoms with Gasteiger partial charge in [-0.2, -0.15) is 0 Å². The molecule has 0 aliphatic carbocycles. The highest BCUT2D eigenvalue weighted by atomic mass is 16.4. The number of nitrogens with one attached hydrogen (secondary N) is 1. The molecule has 0 saturated carbocycles. The lowest BCUT2D eigenvalue weighted by Crippen LogP contribution is -2.51. The molecule has 10 heteroatoms. The average Bonchev–Trinajstić information content (AvgIpc) is 3.05. The van der Waals surface area contributed by atoms with Crippen LogP contribution in [0.2, 0.25) is 0 Å². The molecule has 3 atom stereocenters. The van der Waals surface area contributed by atoms with Gasteiger partial charge in [0, 0.05) is 19.1 Å². The molecule has 1 rings (SSSR count). The number of hydrogen-bond donors (Lipinski definition) is 6. The number of carboxylic acid groups (broad SMARTS) is 1. The van der Waals surface area contributed by atoms with E-state index in [-0.39, 0.29) is 30.4 Å². The normalized spacial score (nSPS) is 19.4. The van der Waals surface area contributed by atoms with Gasteiger partial charge in [-0.25, -0.2) is 4.79 Å². The van der Waals surface area contributed by atoms with Crippen molar-refractivity contribution in [3.8, 4) is 0 Å². The molecular weight excluding hydrogens is 350 g/mol. The number of unbranched alkanes of at least 4 members (excludes halogenated alkanes) is 1. The number of rotatable bonds is 13. The highest BCUT2D eigenvalue weighted by molar-refractivity contribution is 5.87. The molecule has 1 aliphatic rings. The molecule has 0 aromatic heterocycles. The van der Waals surface area contributed by atoms with E-state index in [1.165, 1.54) is 0 Å². The molecule has 1 amide bonds. The van der Waals surface area contributed by atoms with Crippen molar-refractivity contribution in [1.82, 2.24) is 10.2 Å². The van der Waals surface area contributed by atoms with Gasteiger partial charge in [-0.1, -0.05) is 6.42 Å². The molecule has 0 aromatic carbocycles. The Balaban J connectivity index is 2.50. The van der Waals surface area contributed by atoms with Crippen LogP contribution in [0, 0.1) is 0 Å². The number of likely N-dealkylation sites (tertiary alicyclic amines) is 1. The number of nitrogens with two attached hydrogens (primary N) is 4. The summed E-state index contributed by atoms with van der Waals surface area (Å²) in [4.78, 5) is 29.9. The van der Waals surface area contributed by atoms with E-state index in [1.807, 2.05) is 0 Å². The van der Waals surface area contributed by atoms with Crippen LogP contribution in [0.25, 0.3) is 0 Å². The van der Waals surface area contributed by atoms with Gasteiger partial charge in [0.2, 0.25) is 5.91 Å². The Morgan fingerprint density at radius 1 is 1.22 bits per heavy atom. The largest absolute Gasteiger partial charge is 0.480 e. The smallest absolute Gasteiger partial charge is 0.326 e. The van der Waals surface area contributed by atoms with Gasteiger partial charge in [0.25, 0.3) is 0 Å². The highest BCUT2D eigenvalue weighted by Crippen LogP contribution is 2.18. The summed E-state index contributed by atoms with van der Waals surface area (Å²) in [5.74, 6) is -1.35. The maximum absolute atomic E-state index is 12.6. The molecular formula is C17H35N7O3. The van der Waals surface area contributed by atoms with E-state index in [0.717, 1.165) is 32.2 Å². The Morgan fingerprint density at radius 2 is 1.96 bits per heavy atom. The number of carbonyl (C=O) groups excluding carboxylic acids is 1. The molecule has 1 fully saturated rings. The zero-order valence-electron chi connectivity index (χ0n) is 16.0. The lowest BCUT2D eigenvalue weighted by atomic mass is 10.1. The first-order valence-corrected chi connectivity index (χ1v) is 9.63. The molecule has 1 saturated heterocycles. The van der Waals surface area contributed by atoms with Crippen LogP contribution in [0.5, 0.6) is 0 Å². The molecule has 0 unspecified atom stereocenters. The van der Waals surface area contributed by atoms with Crippen molar-refractivity contribution in [1.29, 1.82) is 0 Å². The average molecular weight is 386 g/mol. The molecule has 27 heavy (non-hydrogen) atoms. The fourth-order valence-electron chi connectivity index (χ4n) is 3.31. The van der Waals surface area contributed by atoms with Gasteiger partial charge in [-0.15, -0.1) is 0 Å². The number of carboxylic acids is 1. The summed E-state index contributed by atoms with van der Waals surface area (Å²) in [7, 11) is 0. The van der Waals surface area contributed by atoms with Gasteiger partial charge in [-0.05, 0) is 51.6 Å². The van der Waals surface area contributed by atoms with E-state index in [4.69, 9.17) is 22.9 Å². The number of guanidine groups is 1. The topological polar surface area (TPSA) is 186 Å². The minimum atomic E-state index is -1.06. The third kappa shape index (κ3) is 9.03. The fourth-order valence-corrected chi connectivity index (χ4v) is 3.31. The van der Waals surface area contributed by atoms with Gasteiger partial charge in [-0.3, -0.25) is 14.7 Å². The van der Waals surface area contributed by atoms with Crippen molar-refractivity contribution >= 4 is 17.8 Å². The number of aliphatic carboxylic acids is 1. The summed E-state index contributed by atoms with van der Waals surface area (Å²) in [6.07, 6.45) is 5.12. The van der Waals surface area contributed by atoms with Crippen LogP contribution in [-0.2, 0) is 9.59 Å². The Morgan fingerprint density at radius 3 is 2.59 bits per heavy atom. The predicted molar refractivity (Wildman–Crippen MR) is 105 cm³/mol. The molecule has 1 aliphatic heterocycles. The lowest BCUT2D eigenvalue weighted by molar-refractivity contribution is -0.142. The third-order valence-corrected chi connectivity index (χ3v) is 4.72. The third-order valence-electron chi connectivity index (χ3n) is 4.72. The zero-order chi connectivity index (χ0) is 20.2. The Bertz CT molecular complexity index is 497. The maximum Gasteiger partial charge on any atom is 0.326 e. The van der Waals surface area contributed by atoms with Crippen molar-refractivity contribution in [2.45, 2.75) is 63.1 Å². The Labute approximate surface area is 160 Å². The monoisotopic (exact) mass is 385 g/mol. The predicted octanol–water partition coefficient (Wildman–Crippen LogP) is -1.47. The first-order valence-electron chi connectivity index (χ1n) is 9.63. The van der Waals surface area contributed by atoms with Crippen molar-refractivity contribution in [3.05, 3.63) is 0 Å². The van der Waals surface area contributed by atoms with Crippen LogP contribution in [0.15, 0.2) is 4.99 Å². The standard InChI is InChI=1S/C17H35N7O3/c18-8-2-1-5-12(19)11-24-10-4-7-14(24)15(25)23-13(16(26)27)6-3-9-22-17(20)21/h12-14H,1-11,18-19H2,(H,23,25)(H,26,27)(H4,20,21,22)/t12-,13-,14-/m0/s1. The molecule has 0 bridgehead atoms. The summed E-state index contributed by atoms with van der Waals surface area (Å²) in [5, 5.41) is 12.0. The molecule has 10 nitrogen and oxygen atoms in total. The van der Waals surface area contributed by atoms with Crippen molar-refractivity contribution < 1.29 is 14.7 Å². The quantitative estimate of drug-likeness (QED) is 0.126. The molecule has 156 valence electrons. The van der Waals surface area contributed by atoms with Crippen LogP contribution in [0.1, 0.15) is 44.9 Å². The maximum atomic E-state index is 12.6. The highest BCUT2D eigenvalue weighted by Gasteiger charge is 2.33. The molecule has 0 radical (unpaired) electrons. The van der Waals surface area contributed by atoms with Gasteiger partial charge in [0.1, 0.15) is 6.04 Å². The van der Waals surface area contributed by atoms with Crippen LogP contribution in [0.4, 0.5) is 0 Å². The summed E-state index contributed by atoms with van der Waals surface area (Å²) in [6.45, 7) is 2.41. The minimum absolute atomic E-state index is 0.0141. The number of hydrogen-bond acceptors (Lipinski definition) is 6. The minimum Gasteiger partial charge on any atom is -0.480 e. The van der Waals surface area contributed by atoms with Crippen LogP contribution in [-0.4, -0.2) is 72.1 Å². The lowest BCUT2D eigenvalue weighted by Gasteiger charge is -2.27. The van der Waals surface area contributed by atoms with E-state index in [1.54, 1.807) is 0 Å². The van der Waals surface area contributed by atoms with E-state index in [2.05, 4.69) is 15.2 Å². The molecule has 0 spiro atoms. The SMILES string of the molecule is NCCCC[C@H](N)CN1CCC[C@H]1C(=O)N[C@@H](CCCN=C(N)N)C(=O)O. The number of nitrogens with zero attached hydrogens (tertiary/aromatic N) is 2. The van der Waals surface area contributed by atoms with E-state index < -0.39 is 12.0 Å². The second-order valence-corrected chi connectivity index (χ2v) is 7.05. The van der Waals surface area contributed by atoms with Crippen LogP contribution in [0.3, 0.4) is 0 Å². The molecule has 10 N–H and O–H groups in total. The van der Waals surface area contributed by atoms with E-state index >= 15 is 0 Å². The van der Waals surface area contributed by atoms with Crippen molar-refractivity contribution in [2.75, 3.05) is 26.2 Å².